The molecule has 29 heavy (non-hydrogen) atoms. The van der Waals surface area contributed by atoms with Gasteiger partial charge in [-0.2, -0.15) is 0 Å². The van der Waals surface area contributed by atoms with Crippen LogP contribution < -0.4 is 15.4 Å². The molecule has 0 saturated heterocycles. The molecular formula is C24H24N2O3. The average molecular weight is 388 g/mol. The molecular weight excluding hydrogens is 364 g/mol. The van der Waals surface area contributed by atoms with Gasteiger partial charge in [0.15, 0.2) is 0 Å². The summed E-state index contributed by atoms with van der Waals surface area (Å²) in [4.78, 5) is 25.0. The van der Waals surface area contributed by atoms with Crippen LogP contribution in [0.2, 0.25) is 0 Å². The number of ether oxygens (including phenoxy) is 1. The normalized spacial score (nSPS) is 10.3. The van der Waals surface area contributed by atoms with Crippen molar-refractivity contribution in [2.45, 2.75) is 20.0 Å². The zero-order valence-electron chi connectivity index (χ0n) is 16.6. The smallest absolute Gasteiger partial charge is 0.251 e. The first-order valence-electron chi connectivity index (χ1n) is 9.40. The van der Waals surface area contributed by atoms with E-state index in [0.29, 0.717) is 24.2 Å². The van der Waals surface area contributed by atoms with Gasteiger partial charge in [0.1, 0.15) is 5.75 Å². The van der Waals surface area contributed by atoms with E-state index < -0.39 is 0 Å². The van der Waals surface area contributed by atoms with Crippen molar-refractivity contribution < 1.29 is 14.3 Å². The van der Waals surface area contributed by atoms with Crippen LogP contribution in [0, 0.1) is 6.92 Å². The van der Waals surface area contributed by atoms with Crippen LogP contribution in [0.5, 0.6) is 5.75 Å². The average Bonchev–Trinajstić information content (AvgIpc) is 2.77. The SMILES string of the molecule is COc1ccc(CNC(=O)c2cccc(C(=O)NCc3ccccc3C)c2)cc1. The molecule has 0 aliphatic rings. The first kappa shape index (κ1) is 20.1. The lowest BCUT2D eigenvalue weighted by Gasteiger charge is -2.10. The summed E-state index contributed by atoms with van der Waals surface area (Å²) in [5, 5.41) is 5.78. The highest BCUT2D eigenvalue weighted by molar-refractivity contribution is 5.99. The Hall–Kier alpha value is -3.60. The van der Waals surface area contributed by atoms with E-state index in [2.05, 4.69) is 10.6 Å². The number of carbonyl (C=O) groups excluding carboxylic acids is 2. The summed E-state index contributed by atoms with van der Waals surface area (Å²) in [5.74, 6) is 0.330. The number of hydrogen-bond donors (Lipinski definition) is 2. The van der Waals surface area contributed by atoms with E-state index in [0.717, 1.165) is 22.4 Å². The highest BCUT2D eigenvalue weighted by Crippen LogP contribution is 2.12. The van der Waals surface area contributed by atoms with E-state index in [-0.39, 0.29) is 11.8 Å². The van der Waals surface area contributed by atoms with Crippen molar-refractivity contribution in [3.63, 3.8) is 0 Å². The zero-order chi connectivity index (χ0) is 20.6. The van der Waals surface area contributed by atoms with Crippen molar-refractivity contribution >= 4 is 11.8 Å². The third-order valence-corrected chi connectivity index (χ3v) is 4.70. The third-order valence-electron chi connectivity index (χ3n) is 4.70. The molecule has 0 spiro atoms. The van der Waals surface area contributed by atoms with Crippen molar-refractivity contribution in [3.8, 4) is 5.75 Å². The molecule has 5 nitrogen and oxygen atoms in total. The lowest BCUT2D eigenvalue weighted by molar-refractivity contribution is 0.0950. The summed E-state index contributed by atoms with van der Waals surface area (Å²) >= 11 is 0. The number of nitrogens with one attached hydrogen (secondary N) is 2. The minimum Gasteiger partial charge on any atom is -0.497 e. The molecule has 0 radical (unpaired) electrons. The van der Waals surface area contributed by atoms with Gasteiger partial charge in [-0.15, -0.1) is 0 Å². The fourth-order valence-corrected chi connectivity index (χ4v) is 2.92. The van der Waals surface area contributed by atoms with Crippen LogP contribution in [0.4, 0.5) is 0 Å². The number of methoxy groups -OCH3 is 1. The predicted molar refractivity (Wildman–Crippen MR) is 113 cm³/mol. The van der Waals surface area contributed by atoms with Crippen molar-refractivity contribution in [1.82, 2.24) is 10.6 Å². The highest BCUT2D eigenvalue weighted by Gasteiger charge is 2.11. The maximum Gasteiger partial charge on any atom is 0.251 e. The van der Waals surface area contributed by atoms with Gasteiger partial charge >= 0.3 is 0 Å². The molecule has 0 aliphatic heterocycles. The highest BCUT2D eigenvalue weighted by atomic mass is 16.5. The quantitative estimate of drug-likeness (QED) is 0.646. The van der Waals surface area contributed by atoms with Gasteiger partial charge in [-0.3, -0.25) is 9.59 Å². The third kappa shape index (κ3) is 5.45. The standard InChI is InChI=1S/C24H24N2O3/c1-17-6-3-4-7-21(17)16-26-24(28)20-9-5-8-19(14-20)23(27)25-15-18-10-12-22(29-2)13-11-18/h3-14H,15-16H2,1-2H3,(H,25,27)(H,26,28). The summed E-state index contributed by atoms with van der Waals surface area (Å²) < 4.78 is 5.13. The molecule has 0 fully saturated rings. The molecule has 0 atom stereocenters. The molecule has 2 N–H and O–H groups in total. The number of hydrogen-bond acceptors (Lipinski definition) is 3. The maximum atomic E-state index is 12.5. The number of rotatable bonds is 7. The molecule has 2 amide bonds. The van der Waals surface area contributed by atoms with E-state index in [1.54, 1.807) is 31.4 Å². The molecule has 0 aromatic heterocycles. The summed E-state index contributed by atoms with van der Waals surface area (Å²) in [5.41, 5.74) is 4.05. The fraction of sp³-hybridized carbons (Fsp3) is 0.167. The second-order valence-electron chi connectivity index (χ2n) is 6.72. The summed E-state index contributed by atoms with van der Waals surface area (Å²) in [6.45, 7) is 2.85. The lowest BCUT2D eigenvalue weighted by Crippen LogP contribution is -2.25. The van der Waals surface area contributed by atoms with E-state index in [9.17, 15) is 9.59 Å². The minimum atomic E-state index is -0.227. The van der Waals surface area contributed by atoms with E-state index in [1.165, 1.54) is 0 Å². The molecule has 0 unspecified atom stereocenters. The molecule has 0 saturated carbocycles. The van der Waals surface area contributed by atoms with E-state index in [1.807, 2.05) is 55.5 Å². The van der Waals surface area contributed by atoms with Crippen LogP contribution in [0.1, 0.15) is 37.4 Å². The Morgan fingerprint density at radius 2 is 1.41 bits per heavy atom. The van der Waals surface area contributed by atoms with Gasteiger partial charge in [0.05, 0.1) is 7.11 Å². The molecule has 0 aliphatic carbocycles. The molecule has 3 rings (SSSR count). The van der Waals surface area contributed by atoms with Gasteiger partial charge in [0, 0.05) is 24.2 Å². The van der Waals surface area contributed by atoms with Crippen molar-refractivity contribution in [1.29, 1.82) is 0 Å². The van der Waals surface area contributed by atoms with Gasteiger partial charge in [-0.25, -0.2) is 0 Å². The topological polar surface area (TPSA) is 67.4 Å². The number of aryl methyl sites for hydroxylation is 1. The van der Waals surface area contributed by atoms with Gasteiger partial charge in [0.2, 0.25) is 0 Å². The van der Waals surface area contributed by atoms with Crippen molar-refractivity contribution in [2.24, 2.45) is 0 Å². The molecule has 148 valence electrons. The Labute approximate surface area is 170 Å². The number of amides is 2. The van der Waals surface area contributed by atoms with Gasteiger partial charge in [0.25, 0.3) is 11.8 Å². The summed E-state index contributed by atoms with van der Waals surface area (Å²) in [6, 6.07) is 22.1. The summed E-state index contributed by atoms with van der Waals surface area (Å²) in [6.07, 6.45) is 0. The van der Waals surface area contributed by atoms with Crippen LogP contribution >= 0.6 is 0 Å². The summed E-state index contributed by atoms with van der Waals surface area (Å²) in [7, 11) is 1.61. The van der Waals surface area contributed by atoms with Crippen LogP contribution in [0.3, 0.4) is 0 Å². The second kappa shape index (κ2) is 9.55. The first-order valence-corrected chi connectivity index (χ1v) is 9.40. The number of carbonyl (C=O) groups is 2. The fourth-order valence-electron chi connectivity index (χ4n) is 2.92. The van der Waals surface area contributed by atoms with Gasteiger partial charge < -0.3 is 15.4 Å². The maximum absolute atomic E-state index is 12.5. The molecule has 0 bridgehead atoms. The Morgan fingerprint density at radius 3 is 2.03 bits per heavy atom. The predicted octanol–water partition coefficient (Wildman–Crippen LogP) is 3.86. The Morgan fingerprint density at radius 1 is 0.793 bits per heavy atom. The van der Waals surface area contributed by atoms with Crippen LogP contribution in [0.25, 0.3) is 0 Å². The first-order chi connectivity index (χ1) is 14.1. The van der Waals surface area contributed by atoms with Crippen LogP contribution in [-0.4, -0.2) is 18.9 Å². The Kier molecular flexibility index (Phi) is 6.63. The van der Waals surface area contributed by atoms with Gasteiger partial charge in [-0.05, 0) is 53.9 Å². The van der Waals surface area contributed by atoms with E-state index >= 15 is 0 Å². The Bertz CT molecular complexity index is 997. The second-order valence-corrected chi connectivity index (χ2v) is 6.72. The lowest BCUT2D eigenvalue weighted by atomic mass is 10.1. The monoisotopic (exact) mass is 388 g/mol. The molecule has 3 aromatic carbocycles. The molecule has 0 heterocycles. The molecule has 5 heteroatoms. The van der Waals surface area contributed by atoms with Gasteiger partial charge in [-0.1, -0.05) is 42.5 Å². The largest absolute Gasteiger partial charge is 0.497 e. The van der Waals surface area contributed by atoms with Crippen LogP contribution in [-0.2, 0) is 13.1 Å². The Balaban J connectivity index is 1.59. The van der Waals surface area contributed by atoms with Crippen molar-refractivity contribution in [3.05, 3.63) is 101 Å². The zero-order valence-corrected chi connectivity index (χ0v) is 16.6. The van der Waals surface area contributed by atoms with Crippen molar-refractivity contribution in [2.75, 3.05) is 7.11 Å². The van der Waals surface area contributed by atoms with Crippen LogP contribution in [0.15, 0.2) is 72.8 Å². The number of benzene rings is 3. The molecule has 3 aromatic rings. The van der Waals surface area contributed by atoms with E-state index in [4.69, 9.17) is 4.74 Å². The minimum absolute atomic E-state index is 0.210.